The molecule has 0 aliphatic carbocycles. The van der Waals surface area contributed by atoms with Gasteiger partial charge in [0.15, 0.2) is 0 Å². The molecule has 0 saturated heterocycles. The van der Waals surface area contributed by atoms with E-state index in [1.54, 1.807) is 25.1 Å². The normalized spacial score (nSPS) is 10.3. The van der Waals surface area contributed by atoms with Crippen LogP contribution in [0.15, 0.2) is 42.5 Å². The Morgan fingerprint density at radius 1 is 1.15 bits per heavy atom. The molecule has 2 N–H and O–H groups in total. The lowest BCUT2D eigenvalue weighted by atomic mass is 10.1. The largest absolute Gasteiger partial charge is 0.508 e. The molecule has 2 aromatic carbocycles. The predicted octanol–water partition coefficient (Wildman–Crippen LogP) is 3.19. The van der Waals surface area contributed by atoms with Gasteiger partial charge in [0.1, 0.15) is 5.75 Å². The first-order valence-electron chi connectivity index (χ1n) is 6.76. The molecule has 0 atom stereocenters. The fourth-order valence-corrected chi connectivity index (χ4v) is 2.15. The van der Waals surface area contributed by atoms with Crippen LogP contribution in [-0.4, -0.2) is 11.0 Å². The zero-order chi connectivity index (χ0) is 14.5. The summed E-state index contributed by atoms with van der Waals surface area (Å²) in [6.45, 7) is 4.39. The monoisotopic (exact) mass is 269 g/mol. The van der Waals surface area contributed by atoms with E-state index >= 15 is 0 Å². The predicted molar refractivity (Wildman–Crippen MR) is 79.8 cm³/mol. The number of carbonyl (C=O) groups is 1. The zero-order valence-corrected chi connectivity index (χ0v) is 11.8. The quantitative estimate of drug-likeness (QED) is 0.895. The number of phenols is 1. The van der Waals surface area contributed by atoms with Crippen molar-refractivity contribution in [1.29, 1.82) is 0 Å². The summed E-state index contributed by atoms with van der Waals surface area (Å²) in [6, 6.07) is 13.0. The molecule has 0 bridgehead atoms. The highest BCUT2D eigenvalue weighted by Crippen LogP contribution is 2.17. The molecule has 0 spiro atoms. The molecular weight excluding hydrogens is 250 g/mol. The molecule has 3 nitrogen and oxygen atoms in total. The fraction of sp³-hybridized carbons (Fsp3) is 0.235. The molecule has 0 fully saturated rings. The van der Waals surface area contributed by atoms with E-state index < -0.39 is 0 Å². The summed E-state index contributed by atoms with van der Waals surface area (Å²) < 4.78 is 0. The number of nitrogens with one attached hydrogen (secondary N) is 1. The highest BCUT2D eigenvalue weighted by molar-refractivity contribution is 5.94. The topological polar surface area (TPSA) is 49.3 Å². The summed E-state index contributed by atoms with van der Waals surface area (Å²) in [5.41, 5.74) is 3.65. The van der Waals surface area contributed by atoms with Gasteiger partial charge in [0, 0.05) is 12.1 Å². The van der Waals surface area contributed by atoms with Gasteiger partial charge >= 0.3 is 0 Å². The van der Waals surface area contributed by atoms with Crippen molar-refractivity contribution in [3.63, 3.8) is 0 Å². The van der Waals surface area contributed by atoms with Crippen molar-refractivity contribution >= 4 is 5.91 Å². The average molecular weight is 269 g/mol. The molecule has 0 aromatic heterocycles. The maximum atomic E-state index is 12.1. The number of carbonyl (C=O) groups excluding carboxylic acids is 1. The van der Waals surface area contributed by atoms with Gasteiger partial charge < -0.3 is 10.4 Å². The van der Waals surface area contributed by atoms with Crippen molar-refractivity contribution in [2.24, 2.45) is 0 Å². The van der Waals surface area contributed by atoms with Crippen LogP contribution in [0.4, 0.5) is 0 Å². The summed E-state index contributed by atoms with van der Waals surface area (Å²) in [5, 5.41) is 12.4. The van der Waals surface area contributed by atoms with E-state index in [1.807, 2.05) is 18.2 Å². The number of rotatable bonds is 4. The Hall–Kier alpha value is -2.29. The minimum Gasteiger partial charge on any atom is -0.508 e. The number of hydrogen-bond acceptors (Lipinski definition) is 2. The van der Waals surface area contributed by atoms with Crippen molar-refractivity contribution in [1.82, 2.24) is 5.32 Å². The SMILES string of the molecule is CCc1ccccc1CNC(=O)c1ccc(O)c(C)c1. The fourth-order valence-electron chi connectivity index (χ4n) is 2.15. The van der Waals surface area contributed by atoms with Crippen LogP contribution in [0.3, 0.4) is 0 Å². The number of phenolic OH excluding ortho intramolecular Hbond substituents is 1. The Balaban J connectivity index is 2.06. The number of benzene rings is 2. The number of amides is 1. The molecule has 1 amide bonds. The molecule has 104 valence electrons. The van der Waals surface area contributed by atoms with E-state index in [-0.39, 0.29) is 11.7 Å². The first kappa shape index (κ1) is 14.1. The van der Waals surface area contributed by atoms with E-state index in [2.05, 4.69) is 18.3 Å². The van der Waals surface area contributed by atoms with Gasteiger partial charge in [-0.1, -0.05) is 31.2 Å². The van der Waals surface area contributed by atoms with Crippen LogP contribution >= 0.6 is 0 Å². The first-order valence-corrected chi connectivity index (χ1v) is 6.76. The standard InChI is InChI=1S/C17H19NO2/c1-3-13-6-4-5-7-15(13)11-18-17(20)14-8-9-16(19)12(2)10-14/h4-10,19H,3,11H2,1-2H3,(H,18,20). The van der Waals surface area contributed by atoms with E-state index in [9.17, 15) is 9.90 Å². The van der Waals surface area contributed by atoms with Crippen LogP contribution in [0.5, 0.6) is 5.75 Å². The summed E-state index contributed by atoms with van der Waals surface area (Å²) >= 11 is 0. The van der Waals surface area contributed by atoms with Gasteiger partial charge in [-0.15, -0.1) is 0 Å². The summed E-state index contributed by atoms with van der Waals surface area (Å²) in [6.07, 6.45) is 0.949. The lowest BCUT2D eigenvalue weighted by Gasteiger charge is -2.10. The summed E-state index contributed by atoms with van der Waals surface area (Å²) in [5.74, 6) is 0.0804. The van der Waals surface area contributed by atoms with Gasteiger partial charge in [0.2, 0.25) is 0 Å². The third kappa shape index (κ3) is 3.18. The van der Waals surface area contributed by atoms with Gasteiger partial charge in [-0.3, -0.25) is 4.79 Å². The van der Waals surface area contributed by atoms with E-state index in [0.29, 0.717) is 17.7 Å². The Labute approximate surface area is 119 Å². The molecular formula is C17H19NO2. The average Bonchev–Trinajstić information content (AvgIpc) is 2.47. The second-order valence-corrected chi connectivity index (χ2v) is 4.81. The van der Waals surface area contributed by atoms with Gasteiger partial charge in [0.25, 0.3) is 5.91 Å². The molecule has 20 heavy (non-hydrogen) atoms. The molecule has 3 heteroatoms. The number of aryl methyl sites for hydroxylation is 2. The van der Waals surface area contributed by atoms with Crippen LogP contribution < -0.4 is 5.32 Å². The van der Waals surface area contributed by atoms with Gasteiger partial charge in [-0.05, 0) is 48.2 Å². The molecule has 0 radical (unpaired) electrons. The van der Waals surface area contributed by atoms with Gasteiger partial charge in [-0.2, -0.15) is 0 Å². The maximum absolute atomic E-state index is 12.1. The van der Waals surface area contributed by atoms with Crippen molar-refractivity contribution < 1.29 is 9.90 Å². The molecule has 2 aromatic rings. The van der Waals surface area contributed by atoms with E-state index in [1.165, 1.54) is 5.56 Å². The van der Waals surface area contributed by atoms with Crippen molar-refractivity contribution in [3.8, 4) is 5.75 Å². The Morgan fingerprint density at radius 2 is 1.85 bits per heavy atom. The van der Waals surface area contributed by atoms with Crippen molar-refractivity contribution in [2.75, 3.05) is 0 Å². The van der Waals surface area contributed by atoms with Crippen LogP contribution in [0, 0.1) is 6.92 Å². The van der Waals surface area contributed by atoms with Crippen LogP contribution in [-0.2, 0) is 13.0 Å². The summed E-state index contributed by atoms with van der Waals surface area (Å²) in [4.78, 5) is 12.1. The Kier molecular flexibility index (Phi) is 4.41. The second kappa shape index (κ2) is 6.24. The molecule has 0 heterocycles. The molecule has 0 aliphatic heterocycles. The third-order valence-electron chi connectivity index (χ3n) is 3.40. The van der Waals surface area contributed by atoms with Crippen LogP contribution in [0.25, 0.3) is 0 Å². The highest BCUT2D eigenvalue weighted by Gasteiger charge is 2.08. The minimum absolute atomic E-state index is 0.126. The first-order chi connectivity index (χ1) is 9.61. The third-order valence-corrected chi connectivity index (χ3v) is 3.40. The van der Waals surface area contributed by atoms with Crippen molar-refractivity contribution in [2.45, 2.75) is 26.8 Å². The molecule has 0 unspecified atom stereocenters. The van der Waals surface area contributed by atoms with Gasteiger partial charge in [0.05, 0.1) is 0 Å². The lowest BCUT2D eigenvalue weighted by Crippen LogP contribution is -2.23. The highest BCUT2D eigenvalue weighted by atomic mass is 16.3. The van der Waals surface area contributed by atoms with Crippen LogP contribution in [0.1, 0.15) is 34.0 Å². The Morgan fingerprint density at radius 3 is 2.50 bits per heavy atom. The number of aromatic hydroxyl groups is 1. The molecule has 2 rings (SSSR count). The minimum atomic E-state index is -0.126. The zero-order valence-electron chi connectivity index (χ0n) is 11.8. The lowest BCUT2D eigenvalue weighted by molar-refractivity contribution is 0.0950. The van der Waals surface area contributed by atoms with Gasteiger partial charge in [-0.25, -0.2) is 0 Å². The number of hydrogen-bond donors (Lipinski definition) is 2. The maximum Gasteiger partial charge on any atom is 0.251 e. The van der Waals surface area contributed by atoms with Crippen molar-refractivity contribution in [3.05, 3.63) is 64.7 Å². The smallest absolute Gasteiger partial charge is 0.251 e. The van der Waals surface area contributed by atoms with E-state index in [0.717, 1.165) is 12.0 Å². The van der Waals surface area contributed by atoms with E-state index in [4.69, 9.17) is 0 Å². The van der Waals surface area contributed by atoms with Crippen LogP contribution in [0.2, 0.25) is 0 Å². The second-order valence-electron chi connectivity index (χ2n) is 4.81. The Bertz CT molecular complexity index is 620. The molecule has 0 saturated carbocycles. The summed E-state index contributed by atoms with van der Waals surface area (Å²) in [7, 11) is 0. The molecule has 0 aliphatic rings.